The van der Waals surface area contributed by atoms with Crippen LogP contribution in [0.3, 0.4) is 0 Å². The van der Waals surface area contributed by atoms with Gasteiger partial charge in [0.15, 0.2) is 11.6 Å². The summed E-state index contributed by atoms with van der Waals surface area (Å²) in [6, 6.07) is 8.48. The molecule has 0 spiro atoms. The van der Waals surface area contributed by atoms with E-state index in [9.17, 15) is 14.5 Å². The minimum absolute atomic E-state index is 0.0282. The number of hydrogen-bond donors (Lipinski definition) is 0. The number of aryl methyl sites for hydroxylation is 1. The molecule has 0 atom stereocenters. The average Bonchev–Trinajstić information content (AvgIpc) is 2.36. The highest BCUT2D eigenvalue weighted by Gasteiger charge is 2.11. The van der Waals surface area contributed by atoms with Gasteiger partial charge in [-0.25, -0.2) is 4.39 Å². The number of hydrogen-bond acceptors (Lipinski definition) is 3. The largest absolute Gasteiger partial charge is 0.454 e. The molecular weight excluding hydrogens is 317 g/mol. The third-order valence-corrected chi connectivity index (χ3v) is 2.98. The molecular formula is C13H9BrFNO3. The maximum absolute atomic E-state index is 13.5. The molecule has 6 heteroatoms. The van der Waals surface area contributed by atoms with Crippen molar-refractivity contribution < 1.29 is 14.1 Å². The first kappa shape index (κ1) is 13.5. The second kappa shape index (κ2) is 5.36. The van der Waals surface area contributed by atoms with Crippen LogP contribution in [0.1, 0.15) is 5.56 Å². The van der Waals surface area contributed by atoms with Gasteiger partial charge in [-0.05, 0) is 36.8 Å². The zero-order valence-electron chi connectivity index (χ0n) is 9.89. The maximum Gasteiger partial charge on any atom is 0.269 e. The van der Waals surface area contributed by atoms with Gasteiger partial charge in [0, 0.05) is 16.6 Å². The van der Waals surface area contributed by atoms with Gasteiger partial charge in [-0.2, -0.15) is 0 Å². The van der Waals surface area contributed by atoms with Crippen LogP contribution in [0, 0.1) is 22.9 Å². The molecule has 98 valence electrons. The van der Waals surface area contributed by atoms with Crippen LogP contribution in [0.5, 0.6) is 11.5 Å². The normalized spacial score (nSPS) is 10.3. The summed E-state index contributed by atoms with van der Waals surface area (Å²) < 4.78 is 19.7. The Morgan fingerprint density at radius 3 is 2.58 bits per heavy atom. The highest BCUT2D eigenvalue weighted by molar-refractivity contribution is 9.10. The predicted octanol–water partition coefficient (Wildman–Crippen LogP) is 4.60. The van der Waals surface area contributed by atoms with Crippen molar-refractivity contribution in [3.63, 3.8) is 0 Å². The van der Waals surface area contributed by atoms with Gasteiger partial charge in [-0.15, -0.1) is 0 Å². The van der Waals surface area contributed by atoms with Gasteiger partial charge in [-0.3, -0.25) is 10.1 Å². The smallest absolute Gasteiger partial charge is 0.269 e. The SMILES string of the molecule is Cc1cc([N+](=O)[O-])ccc1Oc1cc(Br)ccc1F. The van der Waals surface area contributed by atoms with Gasteiger partial charge in [0.2, 0.25) is 0 Å². The van der Waals surface area contributed by atoms with Crippen molar-refractivity contribution in [2.75, 3.05) is 0 Å². The van der Waals surface area contributed by atoms with E-state index in [0.29, 0.717) is 15.8 Å². The van der Waals surface area contributed by atoms with Crippen molar-refractivity contribution in [2.24, 2.45) is 0 Å². The van der Waals surface area contributed by atoms with Crippen molar-refractivity contribution in [3.8, 4) is 11.5 Å². The Hall–Kier alpha value is -1.95. The van der Waals surface area contributed by atoms with Crippen LogP contribution in [0.25, 0.3) is 0 Å². The molecule has 0 unspecified atom stereocenters. The molecule has 0 aliphatic heterocycles. The summed E-state index contributed by atoms with van der Waals surface area (Å²) in [6.07, 6.45) is 0. The number of ether oxygens (including phenoxy) is 1. The molecule has 0 N–H and O–H groups in total. The van der Waals surface area contributed by atoms with Crippen LogP contribution in [0.2, 0.25) is 0 Å². The van der Waals surface area contributed by atoms with Crippen LogP contribution in [0.4, 0.5) is 10.1 Å². The summed E-state index contributed by atoms with van der Waals surface area (Å²) in [4.78, 5) is 10.1. The molecule has 0 aliphatic carbocycles. The van der Waals surface area contributed by atoms with Crippen LogP contribution in [0.15, 0.2) is 40.9 Å². The monoisotopic (exact) mass is 325 g/mol. The topological polar surface area (TPSA) is 52.4 Å². The van der Waals surface area contributed by atoms with E-state index in [1.165, 1.54) is 30.3 Å². The van der Waals surface area contributed by atoms with E-state index in [-0.39, 0.29) is 11.4 Å². The second-order valence-electron chi connectivity index (χ2n) is 3.88. The first-order valence-electron chi connectivity index (χ1n) is 5.35. The Bertz CT molecular complexity index is 646. The fraction of sp³-hybridized carbons (Fsp3) is 0.0769. The lowest BCUT2D eigenvalue weighted by atomic mass is 10.2. The Labute approximate surface area is 117 Å². The van der Waals surface area contributed by atoms with Crippen LogP contribution in [-0.4, -0.2) is 4.92 Å². The van der Waals surface area contributed by atoms with Crippen molar-refractivity contribution in [1.29, 1.82) is 0 Å². The first-order chi connectivity index (χ1) is 8.97. The van der Waals surface area contributed by atoms with E-state index < -0.39 is 10.7 Å². The third kappa shape index (κ3) is 3.08. The highest BCUT2D eigenvalue weighted by atomic mass is 79.9. The summed E-state index contributed by atoms with van der Waals surface area (Å²) in [6.45, 7) is 1.66. The molecule has 0 heterocycles. The molecule has 2 aromatic rings. The van der Waals surface area contributed by atoms with E-state index in [0.717, 1.165) is 0 Å². The quantitative estimate of drug-likeness (QED) is 0.612. The van der Waals surface area contributed by atoms with E-state index >= 15 is 0 Å². The van der Waals surface area contributed by atoms with E-state index in [2.05, 4.69) is 15.9 Å². The Kier molecular flexibility index (Phi) is 3.80. The number of nitrogens with zero attached hydrogens (tertiary/aromatic N) is 1. The number of rotatable bonds is 3. The third-order valence-electron chi connectivity index (χ3n) is 2.48. The molecule has 0 aliphatic rings. The lowest BCUT2D eigenvalue weighted by Crippen LogP contribution is -1.93. The Balaban J connectivity index is 2.33. The molecule has 4 nitrogen and oxygen atoms in total. The van der Waals surface area contributed by atoms with Gasteiger partial charge >= 0.3 is 0 Å². The number of nitro groups is 1. The van der Waals surface area contributed by atoms with Gasteiger partial charge in [0.25, 0.3) is 5.69 Å². The zero-order chi connectivity index (χ0) is 14.0. The zero-order valence-corrected chi connectivity index (χ0v) is 11.5. The number of benzene rings is 2. The number of non-ortho nitro benzene ring substituents is 1. The number of nitro benzene ring substituents is 1. The summed E-state index contributed by atoms with van der Waals surface area (Å²) in [5, 5.41) is 10.6. The fourth-order valence-corrected chi connectivity index (χ4v) is 1.88. The van der Waals surface area contributed by atoms with Crippen molar-refractivity contribution in [2.45, 2.75) is 6.92 Å². The summed E-state index contributed by atoms with van der Waals surface area (Å²) >= 11 is 3.22. The lowest BCUT2D eigenvalue weighted by molar-refractivity contribution is -0.384. The molecule has 2 rings (SSSR count). The maximum atomic E-state index is 13.5. The fourth-order valence-electron chi connectivity index (χ4n) is 1.54. The molecule has 0 bridgehead atoms. The van der Waals surface area contributed by atoms with Gasteiger partial charge < -0.3 is 4.74 Å². The predicted molar refractivity (Wildman–Crippen MR) is 72.0 cm³/mol. The summed E-state index contributed by atoms with van der Waals surface area (Å²) in [5.41, 5.74) is 0.535. The molecule has 0 fully saturated rings. The Morgan fingerprint density at radius 1 is 1.21 bits per heavy atom. The van der Waals surface area contributed by atoms with Gasteiger partial charge in [-0.1, -0.05) is 15.9 Å². The highest BCUT2D eigenvalue weighted by Crippen LogP contribution is 2.31. The second-order valence-corrected chi connectivity index (χ2v) is 4.80. The van der Waals surface area contributed by atoms with E-state index in [4.69, 9.17) is 4.74 Å². The van der Waals surface area contributed by atoms with Crippen LogP contribution in [-0.2, 0) is 0 Å². The average molecular weight is 326 g/mol. The minimum Gasteiger partial charge on any atom is -0.454 e. The van der Waals surface area contributed by atoms with Crippen molar-refractivity contribution >= 4 is 21.6 Å². The first-order valence-corrected chi connectivity index (χ1v) is 6.14. The summed E-state index contributed by atoms with van der Waals surface area (Å²) in [7, 11) is 0. The molecule has 2 aromatic carbocycles. The van der Waals surface area contributed by atoms with E-state index in [1.54, 1.807) is 13.0 Å². The van der Waals surface area contributed by atoms with Crippen LogP contribution >= 0.6 is 15.9 Å². The molecule has 0 aromatic heterocycles. The van der Waals surface area contributed by atoms with Crippen LogP contribution < -0.4 is 4.74 Å². The molecule has 0 saturated carbocycles. The molecule has 0 saturated heterocycles. The van der Waals surface area contributed by atoms with Gasteiger partial charge in [0.1, 0.15) is 5.75 Å². The van der Waals surface area contributed by atoms with Crippen molar-refractivity contribution in [3.05, 3.63) is 62.4 Å². The van der Waals surface area contributed by atoms with Crippen molar-refractivity contribution in [1.82, 2.24) is 0 Å². The summed E-state index contributed by atoms with van der Waals surface area (Å²) in [5.74, 6) is -0.0603. The standard InChI is InChI=1S/C13H9BrFNO3/c1-8-6-10(16(17)18)3-5-12(8)19-13-7-9(14)2-4-11(13)15/h2-7H,1H3. The molecule has 0 radical (unpaired) electrons. The van der Waals surface area contributed by atoms with Gasteiger partial charge in [0.05, 0.1) is 4.92 Å². The molecule has 0 amide bonds. The number of halogens is 2. The minimum atomic E-state index is -0.499. The van der Waals surface area contributed by atoms with E-state index in [1.807, 2.05) is 0 Å². The Morgan fingerprint density at radius 2 is 1.95 bits per heavy atom. The lowest BCUT2D eigenvalue weighted by Gasteiger charge is -2.09. The molecule has 19 heavy (non-hydrogen) atoms.